The maximum absolute atomic E-state index is 13.0. The number of esters is 1. The number of ether oxygens (including phenoxy) is 8. The smallest absolute Gasteiger partial charge is 0.306 e. The van der Waals surface area contributed by atoms with Gasteiger partial charge in [0.05, 0.1) is 26.4 Å². The first-order valence-electron chi connectivity index (χ1n) is 40.6. The first-order valence-corrected chi connectivity index (χ1v) is 40.6. The standard InChI is InChI=1S/C81H124N8O26/c1-53(93)89-69-72(103)76(114-81-75(106)77(71(102)60(49-91)112-81)115-80-74(105)73(104)70(101)59(48-90)111-80)61(50-92)113-79(69)108-46-24-45-86-66(98)33-13-5-19-41-83-63(95)31-14-6-20-43-87-67(99)52-109-58-37-35-55(36-38-58)56-27-23-28-57(47-56)78(107)88-44-22-7-15-32-65(97)84-40-18-3-11-29-62(94)82-39-17-4-12-30-64(96)85-42-21-8-16-34-68(100)110-51-54-25-9-2-10-26-54/h2,9-10,23,25-28,35-38,47,59-61,69-77,79-81,90-92,101-106H,3-8,11-22,24,29-34,39-46,48-52H2,1H3,(H,82,94)(H,83,95)(H,84,97)(H,85,96)(H,86,98)(H,87,99)(H,88,107)(H,89,93)/t59-,60-,61-,69-,70+,71+,72-,73+,74-,75-,76-,77+,79-,80-,81+/m1/s1. The van der Waals surface area contributed by atoms with Gasteiger partial charge in [-0.1, -0.05) is 93.1 Å². The Kier molecular flexibility index (Phi) is 45.8. The summed E-state index contributed by atoms with van der Waals surface area (Å²) >= 11 is 0. The number of nitrogens with one attached hydrogen (secondary N) is 8. The highest BCUT2D eigenvalue weighted by atomic mass is 16.8. The van der Waals surface area contributed by atoms with E-state index in [0.717, 1.165) is 93.7 Å². The van der Waals surface area contributed by atoms with Crippen LogP contribution in [-0.4, -0.2) is 270 Å². The fraction of sp³-hybridized carbons (Fsp3) is 0.667. The zero-order valence-corrected chi connectivity index (χ0v) is 66.0. The van der Waals surface area contributed by atoms with Crippen molar-refractivity contribution in [3.63, 3.8) is 0 Å². The Bertz CT molecular complexity index is 3350. The van der Waals surface area contributed by atoms with E-state index < -0.39 is 118 Å². The molecule has 3 aliphatic rings. The molecule has 3 fully saturated rings. The summed E-state index contributed by atoms with van der Waals surface area (Å²) in [5.41, 5.74) is 3.16. The van der Waals surface area contributed by atoms with Crippen LogP contribution in [0, 0.1) is 0 Å². The molecule has 17 N–H and O–H groups in total. The molecule has 3 aromatic rings. The average Bonchev–Trinajstić information content (AvgIpc) is 0.752. The van der Waals surface area contributed by atoms with Crippen LogP contribution in [0.25, 0.3) is 11.1 Å². The van der Waals surface area contributed by atoms with E-state index in [1.165, 1.54) is 6.92 Å². The van der Waals surface area contributed by atoms with Crippen LogP contribution in [-0.2, 0) is 78.1 Å². The molecule has 644 valence electrons. The number of aliphatic hydroxyl groups is 9. The molecule has 0 saturated carbocycles. The minimum atomic E-state index is -1.98. The molecule has 34 heteroatoms. The van der Waals surface area contributed by atoms with Gasteiger partial charge in [-0.25, -0.2) is 0 Å². The lowest BCUT2D eigenvalue weighted by Gasteiger charge is -2.48. The number of benzene rings is 3. The fourth-order valence-corrected chi connectivity index (χ4v) is 13.1. The Morgan fingerprint density at radius 3 is 1.33 bits per heavy atom. The molecule has 3 saturated heterocycles. The van der Waals surface area contributed by atoms with Gasteiger partial charge in [-0.05, 0) is 124 Å². The predicted molar refractivity (Wildman–Crippen MR) is 416 cm³/mol. The average molecular weight is 1630 g/mol. The number of carbonyl (C=O) groups excluding carboxylic acids is 9. The van der Waals surface area contributed by atoms with Crippen molar-refractivity contribution in [2.45, 2.75) is 266 Å². The second-order valence-corrected chi connectivity index (χ2v) is 29.0. The van der Waals surface area contributed by atoms with Crippen molar-refractivity contribution < 1.29 is 127 Å². The molecule has 0 aromatic heterocycles. The third-order valence-electron chi connectivity index (χ3n) is 19.7. The highest BCUT2D eigenvalue weighted by Crippen LogP contribution is 2.34. The van der Waals surface area contributed by atoms with E-state index in [1.807, 2.05) is 60.7 Å². The first kappa shape index (κ1) is 95.9. The van der Waals surface area contributed by atoms with E-state index in [9.17, 15) is 89.1 Å². The van der Waals surface area contributed by atoms with Crippen molar-refractivity contribution in [1.82, 2.24) is 42.5 Å². The van der Waals surface area contributed by atoms with Crippen molar-refractivity contribution in [3.8, 4) is 16.9 Å². The van der Waals surface area contributed by atoms with E-state index in [2.05, 4.69) is 42.5 Å². The van der Waals surface area contributed by atoms with Gasteiger partial charge in [0.1, 0.15) is 85.5 Å². The largest absolute Gasteiger partial charge is 0.484 e. The lowest BCUT2D eigenvalue weighted by atomic mass is 9.95. The number of hydrogen-bond acceptors (Lipinski definition) is 26. The molecule has 0 unspecified atom stereocenters. The monoisotopic (exact) mass is 1620 g/mol. The van der Waals surface area contributed by atoms with Crippen LogP contribution in [0.15, 0.2) is 78.9 Å². The topological polar surface area (TPSA) is 506 Å². The van der Waals surface area contributed by atoms with Gasteiger partial charge in [-0.3, -0.25) is 43.2 Å². The predicted octanol–water partition coefficient (Wildman–Crippen LogP) is 1.26. The van der Waals surface area contributed by atoms with Gasteiger partial charge in [0.15, 0.2) is 25.5 Å². The zero-order chi connectivity index (χ0) is 83.1. The SMILES string of the molecule is CC(=O)N[C@H]1[C@H](OCCCNC(=O)CCCCCNC(=O)CCCCCNC(=O)COc2ccc(-c3cccc(C(=O)NCCCCCC(=O)NCCCCCC(=O)NCCCCCC(=O)NCCCCCC(=O)OCc4ccccc4)c3)cc2)O[C@H](CO)[C@@H](O[C@@H]2O[C@H](CO)[C@H](O)[C@H](O[C@H]3O[C@H](CO)[C@H](O)[C@H](O)[C@H]3O)[C@H]2O)[C@@H]1O. The summed E-state index contributed by atoms with van der Waals surface area (Å²) in [6.07, 6.45) is -8.03. The van der Waals surface area contributed by atoms with Gasteiger partial charge >= 0.3 is 5.97 Å². The Labute approximate surface area is 671 Å². The van der Waals surface area contributed by atoms with E-state index >= 15 is 0 Å². The van der Waals surface area contributed by atoms with Crippen LogP contribution in [0.3, 0.4) is 0 Å². The number of rotatable bonds is 56. The highest BCUT2D eigenvalue weighted by molar-refractivity contribution is 5.95. The lowest BCUT2D eigenvalue weighted by Crippen LogP contribution is -2.68. The van der Waals surface area contributed by atoms with Crippen molar-refractivity contribution >= 4 is 53.2 Å². The molecule has 15 atom stereocenters. The van der Waals surface area contributed by atoms with E-state index in [-0.39, 0.29) is 86.5 Å². The van der Waals surface area contributed by atoms with Crippen molar-refractivity contribution in [2.24, 2.45) is 0 Å². The maximum Gasteiger partial charge on any atom is 0.306 e. The van der Waals surface area contributed by atoms with Crippen LogP contribution < -0.4 is 47.3 Å². The van der Waals surface area contributed by atoms with Gasteiger partial charge in [0.2, 0.25) is 35.4 Å². The summed E-state index contributed by atoms with van der Waals surface area (Å²) < 4.78 is 45.3. The first-order chi connectivity index (χ1) is 55.6. The molecule has 3 heterocycles. The summed E-state index contributed by atoms with van der Waals surface area (Å²) in [5, 5.41) is 118. The molecule has 8 amide bonds. The fourth-order valence-electron chi connectivity index (χ4n) is 13.1. The number of hydrogen-bond donors (Lipinski definition) is 17. The molecule has 3 aliphatic heterocycles. The summed E-state index contributed by atoms with van der Waals surface area (Å²) in [5.74, 6) is -1.12. The van der Waals surface area contributed by atoms with E-state index in [1.54, 1.807) is 18.2 Å². The quantitative estimate of drug-likeness (QED) is 0.0279. The van der Waals surface area contributed by atoms with Gasteiger partial charge < -0.3 is 126 Å². The Hall–Kier alpha value is -7.91. The summed E-state index contributed by atoms with van der Waals surface area (Å²) in [6.45, 7) is 2.00. The molecule has 115 heavy (non-hydrogen) atoms. The molecular formula is C81H124N8O26. The molecule has 0 radical (unpaired) electrons. The van der Waals surface area contributed by atoms with Crippen LogP contribution >= 0.6 is 0 Å². The minimum absolute atomic E-state index is 0.00202. The Balaban J connectivity index is 0.701. The van der Waals surface area contributed by atoms with Gasteiger partial charge in [-0.15, -0.1) is 0 Å². The van der Waals surface area contributed by atoms with Crippen LogP contribution in [0.4, 0.5) is 0 Å². The third kappa shape index (κ3) is 36.2. The minimum Gasteiger partial charge on any atom is -0.484 e. The van der Waals surface area contributed by atoms with Crippen molar-refractivity contribution in [2.75, 3.05) is 78.8 Å². The number of unbranched alkanes of at least 4 members (excludes halogenated alkanes) is 12. The van der Waals surface area contributed by atoms with Gasteiger partial charge in [0.25, 0.3) is 11.8 Å². The number of amides is 8. The molecule has 0 spiro atoms. The van der Waals surface area contributed by atoms with E-state index in [0.29, 0.717) is 121 Å². The van der Waals surface area contributed by atoms with Crippen molar-refractivity contribution in [1.29, 1.82) is 0 Å². The zero-order valence-electron chi connectivity index (χ0n) is 66.0. The van der Waals surface area contributed by atoms with Crippen molar-refractivity contribution in [3.05, 3.63) is 90.0 Å². The van der Waals surface area contributed by atoms with Crippen LogP contribution in [0.5, 0.6) is 5.75 Å². The van der Waals surface area contributed by atoms with Crippen LogP contribution in [0.2, 0.25) is 0 Å². The summed E-state index contributed by atoms with van der Waals surface area (Å²) in [6, 6.07) is 22.7. The third-order valence-corrected chi connectivity index (χ3v) is 19.7. The molecular weight excluding hydrogens is 1500 g/mol. The summed E-state index contributed by atoms with van der Waals surface area (Å²) in [7, 11) is 0. The normalized spacial score (nSPS) is 23.2. The van der Waals surface area contributed by atoms with E-state index in [4.69, 9.17) is 37.9 Å². The molecule has 3 aromatic carbocycles. The lowest BCUT2D eigenvalue weighted by molar-refractivity contribution is -0.376. The second-order valence-electron chi connectivity index (χ2n) is 29.0. The molecule has 34 nitrogen and oxygen atoms in total. The molecule has 0 bridgehead atoms. The van der Waals surface area contributed by atoms with Gasteiger partial charge in [-0.2, -0.15) is 0 Å². The molecule has 0 aliphatic carbocycles. The highest BCUT2D eigenvalue weighted by Gasteiger charge is 2.54. The number of aliphatic hydroxyl groups excluding tert-OH is 9. The molecule has 6 rings (SSSR count). The Morgan fingerprint density at radius 2 is 0.835 bits per heavy atom. The summed E-state index contributed by atoms with van der Waals surface area (Å²) in [4.78, 5) is 112. The Morgan fingerprint density at radius 1 is 0.391 bits per heavy atom. The van der Waals surface area contributed by atoms with Gasteiger partial charge in [0, 0.05) is 96.8 Å². The van der Waals surface area contributed by atoms with Crippen LogP contribution in [0.1, 0.15) is 183 Å². The maximum atomic E-state index is 13.0. The second kappa shape index (κ2) is 54.9. The number of carbonyl (C=O) groups is 9.